The number of anilines is 1. The monoisotopic (exact) mass is 253 g/mol. The van der Waals surface area contributed by atoms with Crippen molar-refractivity contribution >= 4 is 5.69 Å². The van der Waals surface area contributed by atoms with Crippen molar-refractivity contribution in [3.05, 3.63) is 29.8 Å². The lowest BCUT2D eigenvalue weighted by Gasteiger charge is -1.93. The Balaban J connectivity index is -0.000000194. The molecule has 0 amide bonds. The predicted octanol–water partition coefficient (Wildman–Crippen LogP) is 6.22. The lowest BCUT2D eigenvalue weighted by molar-refractivity contribution is 0.886. The highest BCUT2D eigenvalue weighted by Crippen LogP contribution is 2.06. The summed E-state index contributed by atoms with van der Waals surface area (Å²) in [5.41, 5.74) is 7.53. The van der Waals surface area contributed by atoms with Gasteiger partial charge in [-0.15, -0.1) is 0 Å². The minimum Gasteiger partial charge on any atom is -0.399 e. The van der Waals surface area contributed by atoms with Crippen LogP contribution in [0.1, 0.15) is 72.8 Å². The van der Waals surface area contributed by atoms with Gasteiger partial charge in [-0.3, -0.25) is 0 Å². The summed E-state index contributed by atoms with van der Waals surface area (Å²) in [7, 11) is 0. The lowest BCUT2D eigenvalue weighted by Crippen LogP contribution is -1.85. The van der Waals surface area contributed by atoms with Gasteiger partial charge >= 0.3 is 0 Å². The summed E-state index contributed by atoms with van der Waals surface area (Å²) in [4.78, 5) is 0. The Bertz CT molecular complexity index is 202. The highest BCUT2D eigenvalue weighted by molar-refractivity contribution is 5.44. The number of aryl methyl sites for hydroxylation is 1. The standard InChI is InChI=1S/C7H9N.2C4H10.C2H6/c1-6-4-2-3-5-7(6)8;2*1-3-4-2;1-2/h2-5H,8H2,1H3;2*3-4H2,1-2H3;1-2H3. The average Bonchev–Trinajstić information content (AvgIpc) is 2.45. The normalized spacial score (nSPS) is 7.72. The first-order valence-corrected chi connectivity index (χ1v) is 7.44. The van der Waals surface area contributed by atoms with Crippen molar-refractivity contribution in [1.29, 1.82) is 0 Å². The van der Waals surface area contributed by atoms with E-state index in [0.717, 1.165) is 11.3 Å². The molecule has 1 aromatic carbocycles. The number of rotatable bonds is 2. The number of nitrogens with two attached hydrogens (primary N) is 1. The quantitative estimate of drug-likeness (QED) is 0.622. The summed E-state index contributed by atoms with van der Waals surface area (Å²) >= 11 is 0. The molecule has 0 saturated heterocycles. The van der Waals surface area contributed by atoms with Crippen LogP contribution in [0.2, 0.25) is 0 Å². The largest absolute Gasteiger partial charge is 0.399 e. The van der Waals surface area contributed by atoms with E-state index in [1.165, 1.54) is 25.7 Å². The molecule has 1 aromatic rings. The fourth-order valence-corrected chi connectivity index (χ4v) is 0.587. The average molecular weight is 253 g/mol. The first-order valence-electron chi connectivity index (χ1n) is 7.44. The molecule has 1 heteroatoms. The Morgan fingerprint density at radius 1 is 0.778 bits per heavy atom. The van der Waals surface area contributed by atoms with E-state index in [0.29, 0.717) is 0 Å². The van der Waals surface area contributed by atoms with Crippen LogP contribution in [0.5, 0.6) is 0 Å². The Morgan fingerprint density at radius 2 is 1.11 bits per heavy atom. The van der Waals surface area contributed by atoms with Crippen molar-refractivity contribution in [3.8, 4) is 0 Å². The van der Waals surface area contributed by atoms with Gasteiger partial charge in [0.15, 0.2) is 0 Å². The fraction of sp³-hybridized carbons (Fsp3) is 0.647. The number of para-hydroxylation sites is 1. The molecule has 0 saturated carbocycles. The number of hydrogen-bond acceptors (Lipinski definition) is 1. The SMILES string of the molecule is CC.CCCC.CCCC.Cc1ccccc1N. The molecule has 1 rings (SSSR count). The molecular weight excluding hydrogens is 218 g/mol. The highest BCUT2D eigenvalue weighted by atomic mass is 14.5. The van der Waals surface area contributed by atoms with E-state index in [-0.39, 0.29) is 0 Å². The lowest BCUT2D eigenvalue weighted by atomic mass is 10.2. The molecule has 0 radical (unpaired) electrons. The maximum Gasteiger partial charge on any atom is 0.0343 e. The first kappa shape index (κ1) is 22.2. The third-order valence-corrected chi connectivity index (χ3v) is 2.19. The van der Waals surface area contributed by atoms with Gasteiger partial charge in [0.2, 0.25) is 0 Å². The number of unbranched alkanes of at least 4 members (excludes halogenated alkanes) is 2. The molecule has 108 valence electrons. The van der Waals surface area contributed by atoms with Crippen LogP contribution < -0.4 is 5.73 Å². The van der Waals surface area contributed by atoms with Gasteiger partial charge < -0.3 is 5.73 Å². The minimum absolute atomic E-state index is 0.868. The Kier molecular flexibility index (Phi) is 26.3. The van der Waals surface area contributed by atoms with Crippen LogP contribution in [0.4, 0.5) is 5.69 Å². The second-order valence-corrected chi connectivity index (χ2v) is 3.86. The van der Waals surface area contributed by atoms with Crippen LogP contribution in [0, 0.1) is 6.92 Å². The zero-order chi connectivity index (χ0) is 14.8. The highest BCUT2D eigenvalue weighted by Gasteiger charge is 1.84. The molecule has 2 N–H and O–H groups in total. The van der Waals surface area contributed by atoms with Crippen LogP contribution in [-0.4, -0.2) is 0 Å². The van der Waals surface area contributed by atoms with Crippen LogP contribution in [0.25, 0.3) is 0 Å². The van der Waals surface area contributed by atoms with Gasteiger partial charge in [-0.05, 0) is 18.6 Å². The van der Waals surface area contributed by atoms with Crippen LogP contribution in [-0.2, 0) is 0 Å². The molecule has 0 atom stereocenters. The maximum absolute atomic E-state index is 5.52. The second kappa shape index (κ2) is 21.3. The van der Waals surface area contributed by atoms with E-state index >= 15 is 0 Å². The molecule has 0 aliphatic rings. The summed E-state index contributed by atoms with van der Waals surface area (Å²) in [5, 5.41) is 0. The first-order chi connectivity index (χ1) is 8.63. The zero-order valence-electron chi connectivity index (χ0n) is 13.7. The molecule has 0 unspecified atom stereocenters. The van der Waals surface area contributed by atoms with Gasteiger partial charge in [0.1, 0.15) is 0 Å². The minimum atomic E-state index is 0.868. The zero-order valence-corrected chi connectivity index (χ0v) is 13.7. The van der Waals surface area contributed by atoms with Crippen LogP contribution in [0.3, 0.4) is 0 Å². The molecule has 0 heterocycles. The molecule has 0 aliphatic carbocycles. The summed E-state index contributed by atoms with van der Waals surface area (Å²) in [6, 6.07) is 7.80. The summed E-state index contributed by atoms with van der Waals surface area (Å²) < 4.78 is 0. The molecule has 1 nitrogen and oxygen atoms in total. The third kappa shape index (κ3) is 20.4. The molecule has 0 spiro atoms. The van der Waals surface area contributed by atoms with Gasteiger partial charge in [0, 0.05) is 5.69 Å². The van der Waals surface area contributed by atoms with Gasteiger partial charge in [-0.25, -0.2) is 0 Å². The molecule has 0 fully saturated rings. The second-order valence-electron chi connectivity index (χ2n) is 3.86. The van der Waals surface area contributed by atoms with E-state index in [9.17, 15) is 0 Å². The van der Waals surface area contributed by atoms with Gasteiger partial charge in [-0.2, -0.15) is 0 Å². The molecule has 0 aromatic heterocycles. The van der Waals surface area contributed by atoms with E-state index < -0.39 is 0 Å². The fourth-order valence-electron chi connectivity index (χ4n) is 0.587. The maximum atomic E-state index is 5.52. The van der Waals surface area contributed by atoms with Crippen molar-refractivity contribution in [1.82, 2.24) is 0 Å². The van der Waals surface area contributed by atoms with Crippen molar-refractivity contribution in [2.75, 3.05) is 5.73 Å². The van der Waals surface area contributed by atoms with Crippen molar-refractivity contribution < 1.29 is 0 Å². The third-order valence-electron chi connectivity index (χ3n) is 2.19. The molecule has 0 bridgehead atoms. The molecular formula is C17H35N. The Hall–Kier alpha value is -0.980. The van der Waals surface area contributed by atoms with Crippen molar-refractivity contribution in [2.24, 2.45) is 0 Å². The summed E-state index contributed by atoms with van der Waals surface area (Å²) in [5.74, 6) is 0. The van der Waals surface area contributed by atoms with Crippen molar-refractivity contribution in [3.63, 3.8) is 0 Å². The summed E-state index contributed by atoms with van der Waals surface area (Å²) in [6.45, 7) is 14.7. The van der Waals surface area contributed by atoms with E-state index in [2.05, 4.69) is 27.7 Å². The molecule has 0 aliphatic heterocycles. The summed E-state index contributed by atoms with van der Waals surface area (Å²) in [6.07, 6.45) is 5.28. The Labute approximate surface area is 116 Å². The van der Waals surface area contributed by atoms with Gasteiger partial charge in [0.05, 0.1) is 0 Å². The Morgan fingerprint density at radius 3 is 1.28 bits per heavy atom. The van der Waals surface area contributed by atoms with Crippen LogP contribution >= 0.6 is 0 Å². The number of benzene rings is 1. The van der Waals surface area contributed by atoms with Crippen molar-refractivity contribution in [2.45, 2.75) is 74.1 Å². The van der Waals surface area contributed by atoms with E-state index in [1.54, 1.807) is 0 Å². The predicted molar refractivity (Wildman–Crippen MR) is 88.1 cm³/mol. The van der Waals surface area contributed by atoms with Crippen LogP contribution in [0.15, 0.2) is 24.3 Å². The number of nitrogen functional groups attached to an aromatic ring is 1. The van der Waals surface area contributed by atoms with Gasteiger partial charge in [-0.1, -0.05) is 85.4 Å². The molecule has 18 heavy (non-hydrogen) atoms. The smallest absolute Gasteiger partial charge is 0.0343 e. The van der Waals surface area contributed by atoms with E-state index in [1.807, 2.05) is 45.0 Å². The topological polar surface area (TPSA) is 26.0 Å². The van der Waals surface area contributed by atoms with Gasteiger partial charge in [0.25, 0.3) is 0 Å². The number of hydrogen-bond donors (Lipinski definition) is 1. The van der Waals surface area contributed by atoms with E-state index in [4.69, 9.17) is 5.73 Å².